The molecule has 5 nitrogen and oxygen atoms in total. The normalized spacial score (nSPS) is 11.1. The summed E-state index contributed by atoms with van der Waals surface area (Å²) in [6.07, 6.45) is 3.27. The summed E-state index contributed by atoms with van der Waals surface area (Å²) in [5, 5.41) is 7.40. The van der Waals surface area contributed by atoms with Gasteiger partial charge in [-0.25, -0.2) is 9.07 Å². The highest BCUT2D eigenvalue weighted by Gasteiger charge is 2.33. The van der Waals surface area contributed by atoms with Crippen LogP contribution in [0.5, 0.6) is 0 Å². The summed E-state index contributed by atoms with van der Waals surface area (Å²) in [4.78, 5) is 12.5. The third kappa shape index (κ3) is 4.58. The van der Waals surface area contributed by atoms with Crippen LogP contribution in [0.4, 0.5) is 4.39 Å². The highest BCUT2D eigenvalue weighted by molar-refractivity contribution is 5.85. The molecule has 0 atom stereocenters. The second-order valence-electron chi connectivity index (χ2n) is 6.03. The molecule has 0 aliphatic carbocycles. The van der Waals surface area contributed by atoms with Crippen molar-refractivity contribution in [1.82, 2.24) is 15.1 Å². The van der Waals surface area contributed by atoms with Crippen LogP contribution in [0.3, 0.4) is 0 Å². The molecule has 3 N–H and O–H groups in total. The second-order valence-corrected chi connectivity index (χ2v) is 6.03. The van der Waals surface area contributed by atoms with Crippen molar-refractivity contribution in [3.63, 3.8) is 0 Å². The highest BCUT2D eigenvalue weighted by atomic mass is 35.5. The first-order valence-corrected chi connectivity index (χ1v) is 8.25. The van der Waals surface area contributed by atoms with Gasteiger partial charge in [-0.1, -0.05) is 13.8 Å². The first kappa shape index (κ1) is 21.1. The van der Waals surface area contributed by atoms with Crippen LogP contribution >= 0.6 is 12.4 Å². The molecule has 0 fully saturated rings. The summed E-state index contributed by atoms with van der Waals surface area (Å²) < 4.78 is 14.7. The average Bonchev–Trinajstić information content (AvgIpc) is 2.96. The minimum atomic E-state index is -0.513. The number of rotatable bonds is 7. The van der Waals surface area contributed by atoms with Crippen molar-refractivity contribution in [3.8, 4) is 5.69 Å². The third-order valence-electron chi connectivity index (χ3n) is 4.76. The molecule has 0 aliphatic heterocycles. The molecule has 1 aromatic heterocycles. The number of nitrogens with zero attached hydrogens (tertiary/aromatic N) is 2. The lowest BCUT2D eigenvalue weighted by atomic mass is 9.81. The SMILES string of the molecule is CCC(CC)(CN)C(=O)NCc1cn(-c2ccc(F)cc2)nc1C.Cl. The van der Waals surface area contributed by atoms with Gasteiger partial charge in [0, 0.05) is 24.8 Å². The summed E-state index contributed by atoms with van der Waals surface area (Å²) in [5.41, 5.74) is 7.82. The molecular formula is C18H26ClFN4O. The Bertz CT molecular complexity index is 687. The molecule has 0 saturated carbocycles. The van der Waals surface area contributed by atoms with Gasteiger partial charge in [-0.05, 0) is 44.0 Å². The number of carbonyl (C=O) groups is 1. The van der Waals surface area contributed by atoms with E-state index in [0.717, 1.165) is 16.9 Å². The summed E-state index contributed by atoms with van der Waals surface area (Å²) in [7, 11) is 0. The van der Waals surface area contributed by atoms with E-state index in [1.807, 2.05) is 27.0 Å². The van der Waals surface area contributed by atoms with Gasteiger partial charge in [-0.2, -0.15) is 5.10 Å². The van der Waals surface area contributed by atoms with Crippen LogP contribution in [-0.2, 0) is 11.3 Å². The van der Waals surface area contributed by atoms with E-state index in [1.54, 1.807) is 16.8 Å². The van der Waals surface area contributed by atoms with Crippen LogP contribution < -0.4 is 11.1 Å². The molecule has 1 aromatic carbocycles. The van der Waals surface area contributed by atoms with Gasteiger partial charge in [0.1, 0.15) is 5.82 Å². The molecular weight excluding hydrogens is 343 g/mol. The zero-order valence-electron chi connectivity index (χ0n) is 14.9. The van der Waals surface area contributed by atoms with Crippen LogP contribution in [-0.4, -0.2) is 22.2 Å². The number of benzene rings is 1. The number of hydrogen-bond donors (Lipinski definition) is 2. The predicted octanol–water partition coefficient (Wildman–Crippen LogP) is 3.12. The lowest BCUT2D eigenvalue weighted by Gasteiger charge is -2.28. The lowest BCUT2D eigenvalue weighted by molar-refractivity contribution is -0.131. The Kier molecular flexibility index (Phi) is 7.58. The van der Waals surface area contributed by atoms with Gasteiger partial charge in [0.05, 0.1) is 16.8 Å². The maximum absolute atomic E-state index is 13.0. The quantitative estimate of drug-likeness (QED) is 0.788. The van der Waals surface area contributed by atoms with Gasteiger partial charge in [-0.3, -0.25) is 4.79 Å². The number of amides is 1. The molecule has 0 unspecified atom stereocenters. The van der Waals surface area contributed by atoms with E-state index in [0.29, 0.717) is 25.9 Å². The zero-order valence-corrected chi connectivity index (χ0v) is 15.7. The topological polar surface area (TPSA) is 72.9 Å². The first-order valence-electron chi connectivity index (χ1n) is 8.25. The molecule has 2 aromatic rings. The van der Waals surface area contributed by atoms with E-state index in [1.165, 1.54) is 12.1 Å². The molecule has 1 heterocycles. The standard InChI is InChI=1S/C18H25FN4O.ClH/c1-4-18(5-2,12-20)17(24)21-10-14-11-23(22-13(14)3)16-8-6-15(19)7-9-16;/h6-9,11H,4-5,10,12,20H2,1-3H3,(H,21,24);1H. The molecule has 0 aliphatic rings. The largest absolute Gasteiger partial charge is 0.351 e. The molecule has 0 bridgehead atoms. The van der Waals surface area contributed by atoms with Gasteiger partial charge in [-0.15, -0.1) is 12.4 Å². The van der Waals surface area contributed by atoms with E-state index in [4.69, 9.17) is 5.73 Å². The second kappa shape index (κ2) is 8.97. The van der Waals surface area contributed by atoms with Crippen LogP contribution in [0, 0.1) is 18.2 Å². The fourth-order valence-electron chi connectivity index (χ4n) is 2.71. The smallest absolute Gasteiger partial charge is 0.227 e. The number of carbonyl (C=O) groups excluding carboxylic acids is 1. The lowest BCUT2D eigenvalue weighted by Crippen LogP contribution is -2.45. The van der Waals surface area contributed by atoms with E-state index >= 15 is 0 Å². The van der Waals surface area contributed by atoms with Crippen molar-refractivity contribution < 1.29 is 9.18 Å². The third-order valence-corrected chi connectivity index (χ3v) is 4.76. The van der Waals surface area contributed by atoms with E-state index < -0.39 is 5.41 Å². The van der Waals surface area contributed by atoms with Gasteiger partial charge in [0.2, 0.25) is 5.91 Å². The minimum Gasteiger partial charge on any atom is -0.351 e. The monoisotopic (exact) mass is 368 g/mol. The Balaban J connectivity index is 0.00000312. The number of aryl methyl sites for hydroxylation is 1. The van der Waals surface area contributed by atoms with Crippen molar-refractivity contribution in [3.05, 3.63) is 47.5 Å². The van der Waals surface area contributed by atoms with Gasteiger partial charge in [0.25, 0.3) is 0 Å². The summed E-state index contributed by atoms with van der Waals surface area (Å²) in [6.45, 7) is 6.58. The number of nitrogens with two attached hydrogens (primary N) is 1. The van der Waals surface area contributed by atoms with Crippen LogP contribution in [0.1, 0.15) is 37.9 Å². The Morgan fingerprint density at radius 1 is 1.28 bits per heavy atom. The summed E-state index contributed by atoms with van der Waals surface area (Å²) in [5.74, 6) is -0.309. The fourth-order valence-corrected chi connectivity index (χ4v) is 2.71. The van der Waals surface area contributed by atoms with Crippen molar-refractivity contribution in [1.29, 1.82) is 0 Å². The number of halogens is 2. The van der Waals surface area contributed by atoms with Gasteiger partial charge < -0.3 is 11.1 Å². The molecule has 1 amide bonds. The first-order chi connectivity index (χ1) is 11.5. The van der Waals surface area contributed by atoms with Crippen LogP contribution in [0.25, 0.3) is 5.69 Å². The molecule has 7 heteroatoms. The zero-order chi connectivity index (χ0) is 17.7. The summed E-state index contributed by atoms with van der Waals surface area (Å²) >= 11 is 0. The maximum atomic E-state index is 13.0. The minimum absolute atomic E-state index is 0. The highest BCUT2D eigenvalue weighted by Crippen LogP contribution is 2.25. The van der Waals surface area contributed by atoms with Crippen molar-refractivity contribution in [2.24, 2.45) is 11.1 Å². The molecule has 0 saturated heterocycles. The molecule has 25 heavy (non-hydrogen) atoms. The Morgan fingerprint density at radius 2 is 1.88 bits per heavy atom. The van der Waals surface area contributed by atoms with Crippen molar-refractivity contribution in [2.45, 2.75) is 40.2 Å². The average molecular weight is 369 g/mol. The Hall–Kier alpha value is -1.92. The van der Waals surface area contributed by atoms with Gasteiger partial charge >= 0.3 is 0 Å². The number of aromatic nitrogens is 2. The van der Waals surface area contributed by atoms with E-state index in [9.17, 15) is 9.18 Å². The molecule has 0 spiro atoms. The van der Waals surface area contributed by atoms with E-state index in [2.05, 4.69) is 10.4 Å². The van der Waals surface area contributed by atoms with E-state index in [-0.39, 0.29) is 24.1 Å². The molecule has 2 rings (SSSR count). The molecule has 0 radical (unpaired) electrons. The number of hydrogen-bond acceptors (Lipinski definition) is 3. The Labute approximate surface area is 154 Å². The van der Waals surface area contributed by atoms with Crippen molar-refractivity contribution >= 4 is 18.3 Å². The maximum Gasteiger partial charge on any atom is 0.227 e. The number of nitrogens with one attached hydrogen (secondary N) is 1. The fraction of sp³-hybridized carbons (Fsp3) is 0.444. The van der Waals surface area contributed by atoms with Crippen LogP contribution in [0.15, 0.2) is 30.5 Å². The Morgan fingerprint density at radius 3 is 2.40 bits per heavy atom. The summed E-state index contributed by atoms with van der Waals surface area (Å²) in [6, 6.07) is 6.12. The van der Waals surface area contributed by atoms with Gasteiger partial charge in [0.15, 0.2) is 0 Å². The van der Waals surface area contributed by atoms with Crippen LogP contribution in [0.2, 0.25) is 0 Å². The van der Waals surface area contributed by atoms with Crippen molar-refractivity contribution in [2.75, 3.05) is 6.54 Å². The molecule has 138 valence electrons. The predicted molar refractivity (Wildman–Crippen MR) is 99.4 cm³/mol.